The Kier molecular flexibility index (Phi) is 10.0. The van der Waals surface area contributed by atoms with Gasteiger partial charge in [-0.3, -0.25) is 0 Å². The normalized spacial score (nSPS) is 13.7. The monoisotopic (exact) mass is 1060 g/mol. The average molecular weight is 1070 g/mol. The summed E-state index contributed by atoms with van der Waals surface area (Å²) in [6, 6.07) is 77.7. The van der Waals surface area contributed by atoms with E-state index in [1.54, 1.807) is 0 Å². The summed E-state index contributed by atoms with van der Waals surface area (Å²) >= 11 is 1.96. The molecule has 81 heavy (non-hydrogen) atoms. The maximum atomic E-state index is 6.59. The van der Waals surface area contributed by atoms with Crippen molar-refractivity contribution in [2.75, 3.05) is 14.7 Å². The lowest BCUT2D eigenvalue weighted by atomic mass is 9.35. The topological polar surface area (TPSA) is 27.8 Å². The third-order valence-electron chi connectivity index (χ3n) is 17.7. The molecule has 0 bridgehead atoms. The number of rotatable bonds is 5. The predicted molar refractivity (Wildman–Crippen MR) is 347 cm³/mol. The molecule has 10 aromatic carbocycles. The third-order valence-corrected chi connectivity index (χ3v) is 18.9. The van der Waals surface area contributed by atoms with E-state index in [9.17, 15) is 0 Å². The van der Waals surface area contributed by atoms with E-state index in [4.69, 9.17) is 4.42 Å². The number of benzene rings is 10. The highest BCUT2D eigenvalue weighted by atomic mass is 32.1. The molecule has 0 unspecified atom stereocenters. The van der Waals surface area contributed by atoms with Gasteiger partial charge < -0.3 is 23.7 Å². The molecule has 3 aromatic heterocycles. The van der Waals surface area contributed by atoms with Crippen molar-refractivity contribution in [2.24, 2.45) is 0 Å². The van der Waals surface area contributed by atoms with Crippen molar-refractivity contribution < 1.29 is 4.42 Å². The van der Waals surface area contributed by atoms with E-state index in [0.717, 1.165) is 50.4 Å². The van der Waals surface area contributed by atoms with E-state index >= 15 is 0 Å². The maximum absolute atomic E-state index is 6.59. The quantitative estimate of drug-likeness (QED) is 0.161. The number of anilines is 9. The highest BCUT2D eigenvalue weighted by Crippen LogP contribution is 2.57. The predicted octanol–water partition coefficient (Wildman–Crippen LogP) is 19.3. The second-order valence-corrected chi connectivity index (χ2v) is 26.9. The molecule has 5 nitrogen and oxygen atoms in total. The van der Waals surface area contributed by atoms with Gasteiger partial charge in [0.25, 0.3) is 6.71 Å². The van der Waals surface area contributed by atoms with Crippen LogP contribution in [0.1, 0.15) is 79.0 Å². The molecule has 3 aliphatic rings. The molecule has 7 heteroatoms. The highest BCUT2D eigenvalue weighted by molar-refractivity contribution is 7.33. The molecule has 0 N–H and O–H groups in total. The summed E-state index contributed by atoms with van der Waals surface area (Å²) in [6.45, 7) is 21.2. The van der Waals surface area contributed by atoms with Crippen LogP contribution in [0.2, 0.25) is 0 Å². The molecule has 0 spiro atoms. The molecule has 13 aromatic rings. The number of hydrogen-bond acceptors (Lipinski definition) is 5. The summed E-state index contributed by atoms with van der Waals surface area (Å²) in [4.78, 5) is 7.80. The van der Waals surface area contributed by atoms with Crippen LogP contribution in [-0.4, -0.2) is 11.3 Å². The number of para-hydroxylation sites is 3. The number of thiophene rings is 1. The van der Waals surface area contributed by atoms with E-state index < -0.39 is 0 Å². The van der Waals surface area contributed by atoms with Crippen molar-refractivity contribution in [2.45, 2.75) is 78.6 Å². The van der Waals surface area contributed by atoms with Crippen LogP contribution in [-0.2, 0) is 16.2 Å². The van der Waals surface area contributed by atoms with Gasteiger partial charge in [0, 0.05) is 64.8 Å². The first-order valence-corrected chi connectivity index (χ1v) is 29.4. The summed E-state index contributed by atoms with van der Waals surface area (Å²) in [5.74, 6) is 0. The first-order valence-electron chi connectivity index (χ1n) is 28.6. The van der Waals surface area contributed by atoms with Gasteiger partial charge >= 0.3 is 0 Å². The van der Waals surface area contributed by atoms with Gasteiger partial charge in [-0.05, 0) is 158 Å². The fourth-order valence-electron chi connectivity index (χ4n) is 13.5. The summed E-state index contributed by atoms with van der Waals surface area (Å²) < 4.78 is 11.8. The van der Waals surface area contributed by atoms with Gasteiger partial charge in [0.15, 0.2) is 0 Å². The van der Waals surface area contributed by atoms with E-state index in [1.807, 2.05) is 11.3 Å². The lowest BCUT2D eigenvalue weighted by Crippen LogP contribution is -2.61. The smallest absolute Gasteiger partial charge is 0.264 e. The van der Waals surface area contributed by atoms with Crippen molar-refractivity contribution in [3.8, 4) is 16.8 Å². The van der Waals surface area contributed by atoms with Crippen molar-refractivity contribution >= 4 is 139 Å². The molecule has 0 radical (unpaired) electrons. The Morgan fingerprint density at radius 1 is 0.420 bits per heavy atom. The van der Waals surface area contributed by atoms with E-state index in [2.05, 4.69) is 288 Å². The zero-order valence-electron chi connectivity index (χ0n) is 47.3. The first kappa shape index (κ1) is 48.2. The SMILES string of the molecule is CC(C)(C)c1cc2c3c(c1)-n1c4ccc(C(C)(C)C)cc4c4cc(C(C)(C)C)cc(c41)N3c1cc(N(c3ccccc3)c3ccccc3)cc3c1B2c1sc2ccc(-c4ccccc4)cc2c1N3c1ccc2oc3ccccc3c2c1. The van der Waals surface area contributed by atoms with Gasteiger partial charge in [0.05, 0.1) is 39.5 Å². The minimum atomic E-state index is -0.163. The minimum Gasteiger partial charge on any atom is -0.456 e. The van der Waals surface area contributed by atoms with Crippen LogP contribution in [0.3, 0.4) is 0 Å². The minimum absolute atomic E-state index is 0.0325. The average Bonchev–Trinajstić information content (AvgIpc) is 2.88. The Morgan fingerprint density at radius 3 is 1.74 bits per heavy atom. The molecule has 16 rings (SSSR count). The van der Waals surface area contributed by atoms with Crippen LogP contribution in [0.4, 0.5) is 51.2 Å². The number of hydrogen-bond donors (Lipinski definition) is 0. The number of aromatic nitrogens is 1. The molecule has 0 fully saturated rings. The molecular formula is C74H61BN4OS. The molecule has 3 aliphatic heterocycles. The van der Waals surface area contributed by atoms with Crippen molar-refractivity contribution in [3.63, 3.8) is 0 Å². The molecule has 0 aliphatic carbocycles. The highest BCUT2D eigenvalue weighted by Gasteiger charge is 2.49. The van der Waals surface area contributed by atoms with Crippen LogP contribution < -0.4 is 30.4 Å². The number of fused-ring (bicyclic) bond motifs is 14. The summed E-state index contributed by atoms with van der Waals surface area (Å²) in [5, 5.41) is 6.03. The molecule has 0 amide bonds. The Balaban J connectivity index is 1.10. The summed E-state index contributed by atoms with van der Waals surface area (Å²) in [5.41, 5.74) is 24.5. The van der Waals surface area contributed by atoms with Crippen LogP contribution in [0.15, 0.2) is 211 Å². The molecule has 392 valence electrons. The van der Waals surface area contributed by atoms with Gasteiger partial charge in [0.1, 0.15) is 11.2 Å². The van der Waals surface area contributed by atoms with E-state index in [-0.39, 0.29) is 23.0 Å². The van der Waals surface area contributed by atoms with Crippen LogP contribution in [0.25, 0.3) is 70.6 Å². The molecule has 6 heterocycles. The molecule has 0 saturated carbocycles. The zero-order valence-corrected chi connectivity index (χ0v) is 48.1. The Labute approximate surface area is 478 Å². The lowest BCUT2D eigenvalue weighted by Gasteiger charge is -2.46. The van der Waals surface area contributed by atoms with Crippen LogP contribution in [0.5, 0.6) is 0 Å². The zero-order chi connectivity index (χ0) is 55.0. The standard InChI is InChI=1S/C74H61BN4OS/c1-72(2,3)46-30-32-59-54(36-46)56-37-47(73(4,5)6)39-62-68(56)78(59)63-40-48(74(7,8)9)38-58-70(63)79(62)61-43-52(76(49-23-15-11-16-24-49)50-25-17-12-18-26-50)42-60-67(61)75(58)71-69(57-35-45(29-34-66(57)81-71)44-21-13-10-14-22-44)77(60)51-31-33-65-55(41-51)53-27-19-20-28-64(53)80-65/h10-43H,1-9H3. The fourth-order valence-corrected chi connectivity index (χ4v) is 14.8. The first-order chi connectivity index (χ1) is 39.1. The maximum Gasteiger partial charge on any atom is 0.264 e. The van der Waals surface area contributed by atoms with Crippen LogP contribution in [0, 0.1) is 0 Å². The van der Waals surface area contributed by atoms with Gasteiger partial charge in [0.2, 0.25) is 0 Å². The number of furan rings is 1. The van der Waals surface area contributed by atoms with Gasteiger partial charge in [-0.15, -0.1) is 11.3 Å². The Bertz CT molecular complexity index is 4740. The lowest BCUT2D eigenvalue weighted by molar-refractivity contribution is 0.590. The Hall–Kier alpha value is -8.78. The second kappa shape index (κ2) is 16.9. The van der Waals surface area contributed by atoms with Crippen molar-refractivity contribution in [1.29, 1.82) is 0 Å². The molecule has 0 atom stereocenters. The van der Waals surface area contributed by atoms with Crippen LogP contribution >= 0.6 is 11.3 Å². The largest absolute Gasteiger partial charge is 0.456 e. The fraction of sp³-hybridized carbons (Fsp3) is 0.162. The van der Waals surface area contributed by atoms with E-state index in [0.29, 0.717) is 0 Å². The van der Waals surface area contributed by atoms with Crippen molar-refractivity contribution in [1.82, 2.24) is 4.57 Å². The van der Waals surface area contributed by atoms with Gasteiger partial charge in [-0.2, -0.15) is 0 Å². The molecular weight excluding hydrogens is 1000 g/mol. The van der Waals surface area contributed by atoms with Gasteiger partial charge in [-0.25, -0.2) is 0 Å². The van der Waals surface area contributed by atoms with E-state index in [1.165, 1.54) is 104 Å². The van der Waals surface area contributed by atoms with Crippen molar-refractivity contribution in [3.05, 3.63) is 223 Å². The number of nitrogens with zero attached hydrogens (tertiary/aromatic N) is 4. The second-order valence-electron chi connectivity index (χ2n) is 25.8. The Morgan fingerprint density at radius 2 is 1.04 bits per heavy atom. The third kappa shape index (κ3) is 7.10. The summed E-state index contributed by atoms with van der Waals surface area (Å²) in [6.07, 6.45) is 0. The molecule has 0 saturated heterocycles. The summed E-state index contributed by atoms with van der Waals surface area (Å²) in [7, 11) is 0. The van der Waals surface area contributed by atoms with Gasteiger partial charge in [-0.1, -0.05) is 165 Å².